The van der Waals surface area contributed by atoms with Crippen molar-refractivity contribution in [2.24, 2.45) is 0 Å². The van der Waals surface area contributed by atoms with E-state index in [9.17, 15) is 14.7 Å². The molecule has 0 spiro atoms. The zero-order valence-corrected chi connectivity index (χ0v) is 25.6. The number of hydrogen-bond acceptors (Lipinski definition) is 11. The molecule has 0 amide bonds. The second kappa shape index (κ2) is 14.2. The van der Waals surface area contributed by atoms with Crippen LogP contribution < -0.4 is 20.1 Å². The van der Waals surface area contributed by atoms with Crippen LogP contribution in [0.25, 0.3) is 22.2 Å². The molecule has 0 bridgehead atoms. The third-order valence-corrected chi connectivity index (χ3v) is 6.80. The number of carboxylic acids is 1. The minimum absolute atomic E-state index is 0.189. The fourth-order valence-electron chi connectivity index (χ4n) is 4.59. The first-order chi connectivity index (χ1) is 22.3. The third kappa shape index (κ3) is 7.02. The quantitative estimate of drug-likeness (QED) is 0.128. The molecule has 12 nitrogen and oxygen atoms in total. The minimum atomic E-state index is -0.989. The summed E-state index contributed by atoms with van der Waals surface area (Å²) in [6.07, 6.45) is 0.665. The van der Waals surface area contributed by atoms with Gasteiger partial charge in [0.05, 0.1) is 43.3 Å². The molecule has 4 aromatic carbocycles. The van der Waals surface area contributed by atoms with Gasteiger partial charge in [0.15, 0.2) is 11.2 Å². The predicted molar refractivity (Wildman–Crippen MR) is 173 cm³/mol. The summed E-state index contributed by atoms with van der Waals surface area (Å²) in [5, 5.41) is 15.3. The van der Waals surface area contributed by atoms with E-state index in [1.165, 1.54) is 6.07 Å². The number of nitrogens with one attached hydrogen (secondary N) is 2. The van der Waals surface area contributed by atoms with Crippen LogP contribution >= 0.6 is 0 Å². The Bertz CT molecular complexity index is 2000. The Morgan fingerprint density at radius 2 is 1.35 bits per heavy atom. The molecule has 2 aromatic heterocycles. The van der Waals surface area contributed by atoms with Crippen LogP contribution in [0.4, 0.5) is 23.4 Å². The highest BCUT2D eigenvalue weighted by Crippen LogP contribution is 2.31. The second-order valence-corrected chi connectivity index (χ2v) is 9.73. The maximum absolute atomic E-state index is 11.8. The van der Waals surface area contributed by atoms with E-state index in [4.69, 9.17) is 23.0 Å². The number of carbonyl (C=O) groups excluding carboxylic acids is 1. The van der Waals surface area contributed by atoms with Gasteiger partial charge in [-0.1, -0.05) is 31.2 Å². The smallest absolute Gasteiger partial charge is 0.338 e. The van der Waals surface area contributed by atoms with Crippen molar-refractivity contribution in [1.29, 1.82) is 0 Å². The number of carboxylic acid groups (broad SMARTS) is 1. The van der Waals surface area contributed by atoms with Gasteiger partial charge in [0, 0.05) is 0 Å². The topological polar surface area (TPSA) is 158 Å². The molecule has 2 heterocycles. The molecule has 0 fully saturated rings. The fourth-order valence-corrected chi connectivity index (χ4v) is 4.59. The van der Waals surface area contributed by atoms with Crippen molar-refractivity contribution < 1.29 is 37.7 Å². The minimum Gasteiger partial charge on any atom is -0.495 e. The van der Waals surface area contributed by atoms with Crippen molar-refractivity contribution >= 4 is 57.5 Å². The molecule has 0 saturated carbocycles. The van der Waals surface area contributed by atoms with Gasteiger partial charge in [-0.05, 0) is 73.5 Å². The van der Waals surface area contributed by atoms with Crippen molar-refractivity contribution in [2.75, 3.05) is 31.5 Å². The summed E-state index contributed by atoms with van der Waals surface area (Å²) in [6.45, 7) is 4.04. The fraction of sp³-hybridized carbons (Fsp3) is 0.176. The van der Waals surface area contributed by atoms with Gasteiger partial charge in [-0.25, -0.2) is 9.59 Å². The van der Waals surface area contributed by atoms with E-state index in [0.717, 1.165) is 16.9 Å². The van der Waals surface area contributed by atoms with E-state index < -0.39 is 5.97 Å². The van der Waals surface area contributed by atoms with Crippen LogP contribution in [0.2, 0.25) is 0 Å². The number of aryl methyl sites for hydroxylation is 1. The van der Waals surface area contributed by atoms with Crippen LogP contribution in [0, 0.1) is 0 Å². The first kappa shape index (κ1) is 31.4. The summed E-state index contributed by atoms with van der Waals surface area (Å²) in [7, 11) is 3.18. The van der Waals surface area contributed by atoms with Crippen molar-refractivity contribution in [3.8, 4) is 11.5 Å². The Kier molecular flexibility index (Phi) is 9.66. The van der Waals surface area contributed by atoms with Crippen LogP contribution in [0.1, 0.15) is 40.1 Å². The Balaban J connectivity index is 0.000000181. The van der Waals surface area contributed by atoms with Crippen LogP contribution in [-0.2, 0) is 11.2 Å². The zero-order chi connectivity index (χ0) is 32.6. The summed E-state index contributed by atoms with van der Waals surface area (Å²) in [4.78, 5) is 31.7. The number of aromatic carboxylic acids is 1. The van der Waals surface area contributed by atoms with Crippen LogP contribution in [-0.4, -0.2) is 47.8 Å². The Hall–Kier alpha value is -6.04. The van der Waals surface area contributed by atoms with E-state index in [2.05, 4.69) is 20.6 Å². The number of nitrogens with zero attached hydrogens (tertiary/aromatic N) is 2. The number of methoxy groups -OCH3 is 2. The SMILES string of the molecule is CCOC(=O)c1ccc2nc(Nc3ccccc3OC)oc2c1.CCc1cc(C(=O)O)cc2oc(Nc3ccccc3OC)nc12. The zero-order valence-electron chi connectivity index (χ0n) is 25.6. The molecule has 46 heavy (non-hydrogen) atoms. The van der Waals surface area contributed by atoms with E-state index in [1.807, 2.05) is 55.5 Å². The number of oxazole rings is 2. The highest BCUT2D eigenvalue weighted by atomic mass is 16.5. The predicted octanol–water partition coefficient (Wildman–Crippen LogP) is 7.60. The van der Waals surface area contributed by atoms with E-state index >= 15 is 0 Å². The van der Waals surface area contributed by atoms with Gasteiger partial charge in [0.1, 0.15) is 22.5 Å². The summed E-state index contributed by atoms with van der Waals surface area (Å²) >= 11 is 0. The molecule has 6 aromatic rings. The number of aromatic nitrogens is 2. The number of benzene rings is 4. The molecular formula is C34H32N4O8. The number of ether oxygens (including phenoxy) is 3. The van der Waals surface area contributed by atoms with Gasteiger partial charge in [0.2, 0.25) is 0 Å². The average Bonchev–Trinajstić information content (AvgIpc) is 3.67. The normalized spacial score (nSPS) is 10.6. The number of rotatable bonds is 10. The molecule has 0 aliphatic heterocycles. The molecule has 236 valence electrons. The molecule has 0 aliphatic carbocycles. The molecule has 0 unspecified atom stereocenters. The second-order valence-electron chi connectivity index (χ2n) is 9.73. The monoisotopic (exact) mass is 624 g/mol. The molecule has 3 N–H and O–H groups in total. The lowest BCUT2D eigenvalue weighted by Crippen LogP contribution is -2.03. The lowest BCUT2D eigenvalue weighted by molar-refractivity contribution is 0.0525. The van der Waals surface area contributed by atoms with E-state index in [-0.39, 0.29) is 11.5 Å². The Morgan fingerprint density at radius 1 is 0.761 bits per heavy atom. The van der Waals surface area contributed by atoms with Crippen LogP contribution in [0.5, 0.6) is 11.5 Å². The molecule has 0 radical (unpaired) electrons. The van der Waals surface area contributed by atoms with Gasteiger partial charge in [-0.2, -0.15) is 9.97 Å². The number of esters is 1. The maximum atomic E-state index is 11.8. The van der Waals surface area contributed by atoms with Crippen molar-refractivity contribution in [2.45, 2.75) is 20.3 Å². The number of hydrogen-bond donors (Lipinski definition) is 3. The molecule has 6 rings (SSSR count). The first-order valence-corrected chi connectivity index (χ1v) is 14.4. The summed E-state index contributed by atoms with van der Waals surface area (Å²) in [6, 6.07) is 23.6. The number of anilines is 4. The lowest BCUT2D eigenvalue weighted by atomic mass is 10.1. The van der Waals surface area contributed by atoms with Crippen LogP contribution in [0.15, 0.2) is 87.7 Å². The Labute approximate surface area is 263 Å². The largest absolute Gasteiger partial charge is 0.495 e. The molecule has 0 saturated heterocycles. The molecule has 12 heteroatoms. The van der Waals surface area contributed by atoms with Gasteiger partial charge < -0.3 is 38.8 Å². The average molecular weight is 625 g/mol. The maximum Gasteiger partial charge on any atom is 0.338 e. The summed E-state index contributed by atoms with van der Waals surface area (Å²) < 4.78 is 26.8. The van der Waals surface area contributed by atoms with Gasteiger partial charge in [0.25, 0.3) is 12.0 Å². The van der Waals surface area contributed by atoms with Crippen LogP contribution in [0.3, 0.4) is 0 Å². The number of carbonyl (C=O) groups is 2. The van der Waals surface area contributed by atoms with Gasteiger partial charge in [-0.15, -0.1) is 0 Å². The van der Waals surface area contributed by atoms with Gasteiger partial charge in [-0.3, -0.25) is 0 Å². The summed E-state index contributed by atoms with van der Waals surface area (Å²) in [5.74, 6) is -0.0269. The van der Waals surface area contributed by atoms with E-state index in [0.29, 0.717) is 64.3 Å². The van der Waals surface area contributed by atoms with Gasteiger partial charge >= 0.3 is 11.9 Å². The van der Waals surface area contributed by atoms with Crippen molar-refractivity contribution in [1.82, 2.24) is 9.97 Å². The lowest BCUT2D eigenvalue weighted by Gasteiger charge is -2.07. The summed E-state index contributed by atoms with van der Waals surface area (Å²) in [5.41, 5.74) is 5.17. The highest BCUT2D eigenvalue weighted by molar-refractivity contribution is 5.94. The Morgan fingerprint density at radius 3 is 1.93 bits per heavy atom. The standard InChI is InChI=1S/2C17H16N2O4/c1-3-10-8-11(16(20)21)9-14-15(10)19-17(23-14)18-12-6-4-5-7-13(12)22-2;1-3-22-16(20)11-8-9-13-15(10-11)23-17(19-13)18-12-6-4-5-7-14(12)21-2/h4-9H,3H2,1-2H3,(H,18,19)(H,20,21);4-10H,3H2,1-2H3,(H,18,19). The molecule has 0 aliphatic rings. The number of para-hydroxylation sites is 4. The van der Waals surface area contributed by atoms with E-state index in [1.54, 1.807) is 45.4 Å². The molecular weight excluding hydrogens is 592 g/mol. The van der Waals surface area contributed by atoms with Crippen molar-refractivity contribution in [3.05, 3.63) is 95.6 Å². The van der Waals surface area contributed by atoms with Crippen molar-refractivity contribution in [3.63, 3.8) is 0 Å². The first-order valence-electron chi connectivity index (χ1n) is 14.4. The third-order valence-electron chi connectivity index (χ3n) is 6.80. The molecule has 0 atom stereocenters. The number of fused-ring (bicyclic) bond motifs is 2. The highest BCUT2D eigenvalue weighted by Gasteiger charge is 2.16.